The van der Waals surface area contributed by atoms with Gasteiger partial charge in [0.15, 0.2) is 0 Å². The van der Waals surface area contributed by atoms with Crippen LogP contribution in [0.15, 0.2) is 30.4 Å². The summed E-state index contributed by atoms with van der Waals surface area (Å²) in [7, 11) is 0. The summed E-state index contributed by atoms with van der Waals surface area (Å²) in [5.41, 5.74) is 5.12. The van der Waals surface area contributed by atoms with Crippen molar-refractivity contribution in [2.45, 2.75) is 0 Å². The lowest BCUT2D eigenvalue weighted by Crippen LogP contribution is -2.01. The second kappa shape index (κ2) is 5.57. The van der Waals surface area contributed by atoms with Crippen LogP contribution in [0.1, 0.15) is 0 Å². The number of hydrogen-bond acceptors (Lipinski definition) is 3. The summed E-state index contributed by atoms with van der Waals surface area (Å²) < 4.78 is 17.8. The highest BCUT2D eigenvalue weighted by atomic mass is 35.5. The van der Waals surface area contributed by atoms with Crippen molar-refractivity contribution >= 4 is 11.6 Å². The molecular weight excluding hydrogens is 207 g/mol. The Labute approximate surface area is 86.3 Å². The van der Waals surface area contributed by atoms with Gasteiger partial charge in [-0.1, -0.05) is 11.6 Å². The number of pyridine rings is 1. The SMILES string of the molecule is NCC=C(F)COc1cncc(Cl)c1. The van der Waals surface area contributed by atoms with E-state index in [0.29, 0.717) is 10.8 Å². The van der Waals surface area contributed by atoms with Crippen molar-refractivity contribution in [1.82, 2.24) is 4.98 Å². The Bertz CT molecular complexity index is 330. The lowest BCUT2D eigenvalue weighted by Gasteiger charge is -2.03. The second-order valence-corrected chi connectivity index (χ2v) is 2.95. The Morgan fingerprint density at radius 3 is 3.07 bits per heavy atom. The highest BCUT2D eigenvalue weighted by Crippen LogP contribution is 2.15. The fourth-order valence-corrected chi connectivity index (χ4v) is 0.974. The van der Waals surface area contributed by atoms with E-state index in [1.165, 1.54) is 18.5 Å². The molecule has 76 valence electrons. The first-order chi connectivity index (χ1) is 6.72. The molecule has 0 unspecified atom stereocenters. The normalized spacial score (nSPS) is 11.5. The molecule has 0 radical (unpaired) electrons. The maximum absolute atomic E-state index is 12.8. The Morgan fingerprint density at radius 2 is 2.43 bits per heavy atom. The Balaban J connectivity index is 2.49. The van der Waals surface area contributed by atoms with Crippen LogP contribution >= 0.6 is 11.6 Å². The first-order valence-electron chi connectivity index (χ1n) is 4.00. The molecule has 14 heavy (non-hydrogen) atoms. The van der Waals surface area contributed by atoms with Gasteiger partial charge in [-0.05, 0) is 6.08 Å². The van der Waals surface area contributed by atoms with Gasteiger partial charge in [-0.3, -0.25) is 4.98 Å². The van der Waals surface area contributed by atoms with Crippen LogP contribution in [0, 0.1) is 0 Å². The van der Waals surface area contributed by atoms with Gasteiger partial charge in [0.1, 0.15) is 18.2 Å². The Morgan fingerprint density at radius 1 is 1.64 bits per heavy atom. The van der Waals surface area contributed by atoms with Crippen molar-refractivity contribution in [3.8, 4) is 5.75 Å². The lowest BCUT2D eigenvalue weighted by atomic mass is 10.4. The van der Waals surface area contributed by atoms with Crippen LogP contribution in [0.25, 0.3) is 0 Å². The van der Waals surface area contributed by atoms with Gasteiger partial charge in [0, 0.05) is 18.8 Å². The summed E-state index contributed by atoms with van der Waals surface area (Å²) in [6.45, 7) is 0.00219. The van der Waals surface area contributed by atoms with Gasteiger partial charge in [0.2, 0.25) is 0 Å². The van der Waals surface area contributed by atoms with Crippen molar-refractivity contribution in [3.63, 3.8) is 0 Å². The van der Waals surface area contributed by atoms with E-state index in [9.17, 15) is 4.39 Å². The minimum atomic E-state index is -0.410. The molecule has 0 saturated carbocycles. The molecule has 1 aromatic heterocycles. The molecule has 1 heterocycles. The molecule has 0 bridgehead atoms. The summed E-state index contributed by atoms with van der Waals surface area (Å²) >= 11 is 5.65. The van der Waals surface area contributed by atoms with Crippen LogP contribution in [0.4, 0.5) is 4.39 Å². The summed E-state index contributed by atoms with van der Waals surface area (Å²) in [6.07, 6.45) is 4.18. The smallest absolute Gasteiger partial charge is 0.139 e. The number of nitrogens with zero attached hydrogens (tertiary/aromatic N) is 1. The van der Waals surface area contributed by atoms with Crippen LogP contribution in [-0.4, -0.2) is 18.1 Å². The van der Waals surface area contributed by atoms with E-state index in [1.807, 2.05) is 0 Å². The zero-order chi connectivity index (χ0) is 10.4. The fourth-order valence-electron chi connectivity index (χ4n) is 0.810. The quantitative estimate of drug-likeness (QED) is 0.837. The van der Waals surface area contributed by atoms with Gasteiger partial charge >= 0.3 is 0 Å². The van der Waals surface area contributed by atoms with E-state index < -0.39 is 5.83 Å². The maximum atomic E-state index is 12.8. The molecule has 5 heteroatoms. The minimum absolute atomic E-state index is 0.154. The highest BCUT2D eigenvalue weighted by Gasteiger charge is 1.98. The predicted octanol–water partition coefficient (Wildman–Crippen LogP) is 1.93. The third-order valence-electron chi connectivity index (χ3n) is 1.40. The first-order valence-corrected chi connectivity index (χ1v) is 4.38. The zero-order valence-electron chi connectivity index (χ0n) is 7.41. The summed E-state index contributed by atoms with van der Waals surface area (Å²) in [5, 5.41) is 0.450. The number of rotatable bonds is 4. The standard InChI is InChI=1S/C9H10ClFN2O/c10-7-3-9(5-13-4-7)14-6-8(11)1-2-12/h1,3-5H,2,6,12H2. The second-order valence-electron chi connectivity index (χ2n) is 2.51. The predicted molar refractivity (Wildman–Crippen MR) is 53.0 cm³/mol. The van der Waals surface area contributed by atoms with E-state index in [2.05, 4.69) is 4.98 Å². The molecule has 0 saturated heterocycles. The van der Waals surface area contributed by atoms with E-state index in [-0.39, 0.29) is 13.2 Å². The largest absolute Gasteiger partial charge is 0.485 e. The monoisotopic (exact) mass is 216 g/mol. The molecule has 1 rings (SSSR count). The van der Waals surface area contributed by atoms with E-state index >= 15 is 0 Å². The van der Waals surface area contributed by atoms with E-state index in [0.717, 1.165) is 0 Å². The van der Waals surface area contributed by atoms with Gasteiger partial charge in [-0.2, -0.15) is 0 Å². The summed E-state index contributed by atoms with van der Waals surface area (Å²) in [4.78, 5) is 3.78. The lowest BCUT2D eigenvalue weighted by molar-refractivity contribution is 0.317. The average Bonchev–Trinajstić information content (AvgIpc) is 2.15. The molecule has 0 aliphatic heterocycles. The zero-order valence-corrected chi connectivity index (χ0v) is 8.17. The third-order valence-corrected chi connectivity index (χ3v) is 1.60. The molecule has 0 aromatic carbocycles. The van der Waals surface area contributed by atoms with Crippen LogP contribution in [0.5, 0.6) is 5.75 Å². The Kier molecular flexibility index (Phi) is 4.35. The van der Waals surface area contributed by atoms with Crippen LogP contribution < -0.4 is 10.5 Å². The first kappa shape index (κ1) is 10.9. The number of hydrogen-bond donors (Lipinski definition) is 1. The molecule has 0 aliphatic rings. The van der Waals surface area contributed by atoms with Crippen molar-refractivity contribution in [1.29, 1.82) is 0 Å². The van der Waals surface area contributed by atoms with E-state index in [4.69, 9.17) is 22.1 Å². The summed E-state index contributed by atoms with van der Waals surface area (Å²) in [6, 6.07) is 1.56. The van der Waals surface area contributed by atoms with Crippen LogP contribution in [0.2, 0.25) is 5.02 Å². The van der Waals surface area contributed by atoms with Crippen LogP contribution in [0.3, 0.4) is 0 Å². The number of halogens is 2. The molecule has 0 spiro atoms. The van der Waals surface area contributed by atoms with Crippen LogP contribution in [-0.2, 0) is 0 Å². The number of ether oxygens (including phenoxy) is 1. The molecule has 0 fully saturated rings. The van der Waals surface area contributed by atoms with Gasteiger partial charge in [-0.15, -0.1) is 0 Å². The van der Waals surface area contributed by atoms with Gasteiger partial charge in [-0.25, -0.2) is 4.39 Å². The molecule has 0 atom stereocenters. The summed E-state index contributed by atoms with van der Waals surface area (Å²) in [5.74, 6) is 0.0190. The van der Waals surface area contributed by atoms with Gasteiger partial charge in [0.25, 0.3) is 0 Å². The number of nitrogens with two attached hydrogens (primary N) is 1. The van der Waals surface area contributed by atoms with Crippen molar-refractivity contribution in [2.24, 2.45) is 5.73 Å². The van der Waals surface area contributed by atoms with Gasteiger partial charge < -0.3 is 10.5 Å². The third kappa shape index (κ3) is 3.72. The molecule has 1 aromatic rings. The van der Waals surface area contributed by atoms with Crippen molar-refractivity contribution < 1.29 is 9.13 Å². The average molecular weight is 217 g/mol. The minimum Gasteiger partial charge on any atom is -0.485 e. The van der Waals surface area contributed by atoms with E-state index in [1.54, 1.807) is 6.07 Å². The van der Waals surface area contributed by atoms with Crippen molar-refractivity contribution in [2.75, 3.05) is 13.2 Å². The molecule has 2 N–H and O–H groups in total. The highest BCUT2D eigenvalue weighted by molar-refractivity contribution is 6.30. The fraction of sp³-hybridized carbons (Fsp3) is 0.222. The molecule has 0 amide bonds. The maximum Gasteiger partial charge on any atom is 0.139 e. The molecule has 0 aliphatic carbocycles. The van der Waals surface area contributed by atoms with Crippen molar-refractivity contribution in [3.05, 3.63) is 35.4 Å². The number of aromatic nitrogens is 1. The molecule has 3 nitrogen and oxygen atoms in total. The molecular formula is C9H10ClFN2O. The topological polar surface area (TPSA) is 48.1 Å². The van der Waals surface area contributed by atoms with Gasteiger partial charge in [0.05, 0.1) is 11.2 Å². The Hall–Kier alpha value is -1.13.